The fraction of sp³-hybridized carbons (Fsp3) is 1.00. The highest BCUT2D eigenvalue weighted by atomic mass is 28.3. The van der Waals surface area contributed by atoms with Gasteiger partial charge >= 0.3 is 9.17 Å². The lowest BCUT2D eigenvalue weighted by atomic mass is 10.5. The monoisotopic (exact) mass is 166 g/mol. The third kappa shape index (κ3) is 5.67. The third-order valence-corrected chi connectivity index (χ3v) is 0.995. The van der Waals surface area contributed by atoms with Crippen molar-refractivity contribution >= 4 is 9.17 Å². The van der Waals surface area contributed by atoms with Crippen LogP contribution in [0.5, 0.6) is 0 Å². The molecule has 60 valence electrons. The molecule has 0 N–H and O–H groups in total. The molecule has 0 aliphatic carbocycles. The zero-order valence-corrected chi connectivity index (χ0v) is 7.12. The zero-order chi connectivity index (χ0) is 7.98. The fourth-order valence-electron chi connectivity index (χ4n) is 0.217. The highest BCUT2D eigenvalue weighted by Gasteiger charge is 2.14. The number of hydrogen-bond acceptors (Lipinski definition) is 5. The van der Waals surface area contributed by atoms with E-state index in [0.29, 0.717) is 0 Å². The van der Waals surface area contributed by atoms with Crippen LogP contribution in [0.15, 0.2) is 0 Å². The van der Waals surface area contributed by atoms with Crippen molar-refractivity contribution < 1.29 is 23.4 Å². The molecular weight excluding hydrogens is 156 g/mol. The van der Waals surface area contributed by atoms with Gasteiger partial charge in [-0.2, -0.15) is 4.89 Å². The molecule has 6 heteroatoms. The summed E-state index contributed by atoms with van der Waals surface area (Å²) in [6.45, 7) is 3.48. The Balaban J connectivity index is 3.22. The first-order chi connectivity index (χ1) is 4.66. The van der Waals surface area contributed by atoms with Gasteiger partial charge in [-0.1, -0.05) is 0 Å². The van der Waals surface area contributed by atoms with E-state index in [0.717, 1.165) is 0 Å². The van der Waals surface area contributed by atoms with Crippen LogP contribution in [0.4, 0.5) is 0 Å². The van der Waals surface area contributed by atoms with Crippen molar-refractivity contribution in [3.63, 3.8) is 0 Å². The van der Waals surface area contributed by atoms with E-state index in [1.807, 2.05) is 0 Å². The summed E-state index contributed by atoms with van der Waals surface area (Å²) in [5.41, 5.74) is 0. The van der Waals surface area contributed by atoms with Crippen LogP contribution < -0.4 is 0 Å². The Labute approximate surface area is 60.6 Å². The summed E-state index contributed by atoms with van der Waals surface area (Å²) >= 11 is 0. The minimum Gasteiger partial charge on any atom is -0.327 e. The van der Waals surface area contributed by atoms with Gasteiger partial charge in [0.2, 0.25) is 0 Å². The van der Waals surface area contributed by atoms with Gasteiger partial charge in [0, 0.05) is 0 Å². The van der Waals surface area contributed by atoms with Gasteiger partial charge in [-0.15, -0.1) is 0 Å². The maximum Gasteiger partial charge on any atom is 0.834 e. The van der Waals surface area contributed by atoms with E-state index in [2.05, 4.69) is 18.9 Å². The summed E-state index contributed by atoms with van der Waals surface area (Å²) in [6.07, 6.45) is -0.144. The van der Waals surface area contributed by atoms with Crippen LogP contribution in [0, 0.1) is 0 Å². The van der Waals surface area contributed by atoms with Gasteiger partial charge in [-0.3, -0.25) is 4.46 Å². The van der Waals surface area contributed by atoms with Crippen molar-refractivity contribution in [3.8, 4) is 0 Å². The van der Waals surface area contributed by atoms with E-state index >= 15 is 0 Å². The fourth-order valence-corrected chi connectivity index (χ4v) is 0.652. The topological polar surface area (TPSA) is 54.0 Å². The summed E-state index contributed by atoms with van der Waals surface area (Å²) in [4.78, 5) is 8.55. The van der Waals surface area contributed by atoms with E-state index < -0.39 is 9.17 Å². The first kappa shape index (κ1) is 9.54. The zero-order valence-electron chi connectivity index (χ0n) is 6.12. The van der Waals surface area contributed by atoms with Gasteiger partial charge < -0.3 is 9.15 Å². The molecule has 0 unspecified atom stereocenters. The van der Waals surface area contributed by atoms with Gasteiger partial charge in [-0.25, -0.2) is 4.89 Å². The molecular formula is C4H10O5Si. The van der Waals surface area contributed by atoms with Gasteiger partial charge in [0.15, 0.2) is 0 Å². The molecule has 10 heavy (non-hydrogen) atoms. The summed E-state index contributed by atoms with van der Waals surface area (Å²) in [5, 5.41) is 0. The van der Waals surface area contributed by atoms with Crippen molar-refractivity contribution in [2.75, 3.05) is 7.11 Å². The number of hydrogen-bond donors (Lipinski definition) is 0. The van der Waals surface area contributed by atoms with Crippen molar-refractivity contribution in [2.45, 2.75) is 20.0 Å². The second-order valence-corrected chi connectivity index (χ2v) is 2.56. The molecule has 0 aromatic carbocycles. The maximum atomic E-state index is 10.4. The molecule has 0 aliphatic heterocycles. The molecule has 0 atom stereocenters. The van der Waals surface area contributed by atoms with Crippen LogP contribution in [0.1, 0.15) is 13.8 Å². The Morgan fingerprint density at radius 3 is 2.30 bits per heavy atom. The summed E-state index contributed by atoms with van der Waals surface area (Å²) in [7, 11) is -1.39. The second-order valence-electron chi connectivity index (χ2n) is 1.73. The second kappa shape index (κ2) is 5.33. The first-order valence-electron chi connectivity index (χ1n) is 2.74. The molecule has 0 aliphatic rings. The average Bonchev–Trinajstić information content (AvgIpc) is 1.85. The van der Waals surface area contributed by atoms with Gasteiger partial charge in [0.1, 0.15) is 0 Å². The highest BCUT2D eigenvalue weighted by molar-refractivity contribution is 6.25. The van der Waals surface area contributed by atoms with E-state index in [1.165, 1.54) is 7.11 Å². The predicted molar refractivity (Wildman–Crippen MR) is 31.8 cm³/mol. The standard InChI is InChI=1S/C4H10O5Si/c1-4(2)7-9-10(5)8-6-3/h4H,1-3H3. The van der Waals surface area contributed by atoms with Gasteiger partial charge in [-0.05, 0) is 13.8 Å². The SMILES string of the molecule is COO[Si](=O)OOC(C)C. The summed E-state index contributed by atoms with van der Waals surface area (Å²) in [5.74, 6) is 0. The normalized spacial score (nSPS) is 9.60. The number of rotatable bonds is 5. The molecule has 5 nitrogen and oxygen atoms in total. The molecule has 0 bridgehead atoms. The minimum absolute atomic E-state index is 0.144. The Morgan fingerprint density at radius 1 is 1.30 bits per heavy atom. The summed E-state index contributed by atoms with van der Waals surface area (Å²) < 4.78 is 18.8. The third-order valence-electron chi connectivity index (χ3n) is 0.460. The first-order valence-corrected chi connectivity index (χ1v) is 3.97. The Bertz CT molecular complexity index is 104. The lowest BCUT2D eigenvalue weighted by molar-refractivity contribution is -0.291. The molecule has 0 radical (unpaired) electrons. The van der Waals surface area contributed by atoms with E-state index in [1.54, 1.807) is 13.8 Å². The highest BCUT2D eigenvalue weighted by Crippen LogP contribution is 1.89. The van der Waals surface area contributed by atoms with E-state index in [-0.39, 0.29) is 6.10 Å². The van der Waals surface area contributed by atoms with Gasteiger partial charge in [0.25, 0.3) is 0 Å². The minimum atomic E-state index is -2.63. The van der Waals surface area contributed by atoms with Crippen molar-refractivity contribution in [3.05, 3.63) is 0 Å². The predicted octanol–water partition coefficient (Wildman–Crippen LogP) is 0.336. The Kier molecular flexibility index (Phi) is 5.08. The van der Waals surface area contributed by atoms with Crippen molar-refractivity contribution in [1.29, 1.82) is 0 Å². The van der Waals surface area contributed by atoms with Crippen LogP contribution in [0.3, 0.4) is 0 Å². The molecule has 0 spiro atoms. The van der Waals surface area contributed by atoms with Crippen LogP contribution in [0.25, 0.3) is 0 Å². The van der Waals surface area contributed by atoms with E-state index in [9.17, 15) is 4.46 Å². The molecule has 0 aromatic rings. The smallest absolute Gasteiger partial charge is 0.327 e. The molecule has 0 aromatic heterocycles. The molecule has 0 saturated heterocycles. The summed E-state index contributed by atoms with van der Waals surface area (Å²) in [6, 6.07) is 0. The van der Waals surface area contributed by atoms with Crippen LogP contribution in [0.2, 0.25) is 0 Å². The largest absolute Gasteiger partial charge is 0.834 e. The van der Waals surface area contributed by atoms with Crippen LogP contribution in [-0.2, 0) is 23.4 Å². The molecule has 0 rings (SSSR count). The Morgan fingerprint density at radius 2 is 1.90 bits per heavy atom. The Hall–Kier alpha value is -0.463. The van der Waals surface area contributed by atoms with E-state index in [4.69, 9.17) is 0 Å². The lowest BCUT2D eigenvalue weighted by Gasteiger charge is -2.03. The molecule has 0 saturated carbocycles. The van der Waals surface area contributed by atoms with Gasteiger partial charge in [0.05, 0.1) is 13.2 Å². The quantitative estimate of drug-likeness (QED) is 0.335. The van der Waals surface area contributed by atoms with Crippen LogP contribution >= 0.6 is 0 Å². The van der Waals surface area contributed by atoms with Crippen LogP contribution in [-0.4, -0.2) is 22.4 Å². The molecule has 0 heterocycles. The molecule has 0 amide bonds. The van der Waals surface area contributed by atoms with Crippen molar-refractivity contribution in [2.24, 2.45) is 0 Å². The maximum absolute atomic E-state index is 10.4. The lowest BCUT2D eigenvalue weighted by Crippen LogP contribution is -2.15. The molecule has 0 fully saturated rings. The van der Waals surface area contributed by atoms with Crippen molar-refractivity contribution in [1.82, 2.24) is 0 Å². The average molecular weight is 166 g/mol.